The van der Waals surface area contributed by atoms with Gasteiger partial charge in [0.25, 0.3) is 0 Å². The second-order valence-corrected chi connectivity index (χ2v) is 6.47. The molecule has 1 aromatic carbocycles. The van der Waals surface area contributed by atoms with Crippen LogP contribution in [0.2, 0.25) is 0 Å². The van der Waals surface area contributed by atoms with E-state index in [0.717, 1.165) is 18.2 Å². The number of nitrogens with two attached hydrogens (primary N) is 1. The average Bonchev–Trinajstić information content (AvgIpc) is 2.48. The molecule has 3 atom stereocenters. The molecular weight excluding hydrogens is 260 g/mol. The zero-order valence-electron chi connectivity index (χ0n) is 13.7. The van der Waals surface area contributed by atoms with Gasteiger partial charge >= 0.3 is 0 Å². The normalized spacial score (nSPS) is 24.0. The van der Waals surface area contributed by atoms with Gasteiger partial charge in [0, 0.05) is 18.6 Å². The first kappa shape index (κ1) is 16.3. The lowest BCUT2D eigenvalue weighted by Gasteiger charge is -2.35. The van der Waals surface area contributed by atoms with E-state index in [1.807, 2.05) is 19.1 Å². The van der Waals surface area contributed by atoms with E-state index in [4.69, 9.17) is 10.5 Å². The smallest absolute Gasteiger partial charge is 0.119 e. The third kappa shape index (κ3) is 4.72. The predicted molar refractivity (Wildman–Crippen MR) is 88.6 cm³/mol. The van der Waals surface area contributed by atoms with Crippen LogP contribution in [-0.4, -0.2) is 31.1 Å². The van der Waals surface area contributed by atoms with Gasteiger partial charge in [-0.3, -0.25) is 0 Å². The van der Waals surface area contributed by atoms with Crippen molar-refractivity contribution in [1.82, 2.24) is 4.90 Å². The van der Waals surface area contributed by atoms with E-state index in [2.05, 4.69) is 31.0 Å². The first-order valence-electron chi connectivity index (χ1n) is 8.28. The van der Waals surface area contributed by atoms with Gasteiger partial charge in [-0.15, -0.1) is 0 Å². The zero-order valence-corrected chi connectivity index (χ0v) is 13.7. The molecule has 3 heteroatoms. The van der Waals surface area contributed by atoms with Gasteiger partial charge in [-0.2, -0.15) is 0 Å². The molecule has 0 amide bonds. The van der Waals surface area contributed by atoms with Crippen molar-refractivity contribution in [3.63, 3.8) is 0 Å². The molecule has 0 heterocycles. The van der Waals surface area contributed by atoms with E-state index in [0.29, 0.717) is 12.6 Å². The van der Waals surface area contributed by atoms with Crippen LogP contribution in [0.5, 0.6) is 5.75 Å². The largest absolute Gasteiger partial charge is 0.494 e. The average molecular weight is 290 g/mol. The number of benzene rings is 1. The Morgan fingerprint density at radius 1 is 1.29 bits per heavy atom. The van der Waals surface area contributed by atoms with Crippen molar-refractivity contribution in [2.75, 3.05) is 20.2 Å². The molecule has 2 rings (SSSR count). The fraction of sp³-hybridized carbons (Fsp3) is 0.667. The summed E-state index contributed by atoms with van der Waals surface area (Å²) in [6.45, 7) is 5.99. The summed E-state index contributed by atoms with van der Waals surface area (Å²) in [5.41, 5.74) is 7.57. The summed E-state index contributed by atoms with van der Waals surface area (Å²) in [5.74, 6) is 1.77. The van der Waals surface area contributed by atoms with Crippen LogP contribution in [-0.2, 0) is 0 Å². The van der Waals surface area contributed by atoms with Crippen molar-refractivity contribution in [2.24, 2.45) is 11.7 Å². The van der Waals surface area contributed by atoms with Crippen molar-refractivity contribution < 1.29 is 4.74 Å². The second-order valence-electron chi connectivity index (χ2n) is 6.47. The Morgan fingerprint density at radius 3 is 2.62 bits per heavy atom. The highest BCUT2D eigenvalue weighted by Gasteiger charge is 2.23. The Labute approximate surface area is 129 Å². The first-order valence-corrected chi connectivity index (χ1v) is 8.28. The third-order valence-electron chi connectivity index (χ3n) is 4.64. The summed E-state index contributed by atoms with van der Waals surface area (Å²) < 4.78 is 5.48. The Kier molecular flexibility index (Phi) is 6.07. The number of ether oxygens (including phenoxy) is 1. The number of hydrogen-bond acceptors (Lipinski definition) is 3. The van der Waals surface area contributed by atoms with Gasteiger partial charge < -0.3 is 15.4 Å². The van der Waals surface area contributed by atoms with Crippen LogP contribution in [0.25, 0.3) is 0 Å². The van der Waals surface area contributed by atoms with E-state index in [1.165, 1.54) is 31.2 Å². The number of nitrogens with zero attached hydrogens (tertiary/aromatic N) is 1. The lowest BCUT2D eigenvalue weighted by molar-refractivity contribution is 0.156. The molecule has 0 saturated heterocycles. The highest BCUT2D eigenvalue weighted by atomic mass is 16.5. The number of likely N-dealkylation sites (N-methyl/N-ethyl adjacent to an activating group) is 1. The molecule has 21 heavy (non-hydrogen) atoms. The summed E-state index contributed by atoms with van der Waals surface area (Å²) >= 11 is 0. The van der Waals surface area contributed by atoms with Crippen molar-refractivity contribution in [3.8, 4) is 5.75 Å². The molecule has 3 unspecified atom stereocenters. The maximum absolute atomic E-state index is 6.38. The summed E-state index contributed by atoms with van der Waals surface area (Å²) in [6.07, 6.45) is 5.37. The van der Waals surface area contributed by atoms with Crippen LogP contribution in [0.1, 0.15) is 51.1 Å². The SMILES string of the molecule is CCOc1ccc(C(N)CN(C)C2CCCC(C)C2)cc1. The van der Waals surface area contributed by atoms with Crippen LogP contribution in [0.15, 0.2) is 24.3 Å². The van der Waals surface area contributed by atoms with E-state index in [9.17, 15) is 0 Å². The van der Waals surface area contributed by atoms with Gasteiger partial charge in [-0.1, -0.05) is 31.9 Å². The molecule has 0 bridgehead atoms. The highest BCUT2D eigenvalue weighted by Crippen LogP contribution is 2.27. The zero-order chi connectivity index (χ0) is 15.2. The number of hydrogen-bond donors (Lipinski definition) is 1. The Balaban J connectivity index is 1.89. The topological polar surface area (TPSA) is 38.5 Å². The lowest BCUT2D eigenvalue weighted by atomic mass is 9.86. The molecule has 0 aromatic heterocycles. The van der Waals surface area contributed by atoms with Crippen molar-refractivity contribution >= 4 is 0 Å². The molecule has 118 valence electrons. The maximum Gasteiger partial charge on any atom is 0.119 e. The standard InChI is InChI=1S/C18H30N2O/c1-4-21-17-10-8-15(9-11-17)18(19)13-20(3)16-7-5-6-14(2)12-16/h8-11,14,16,18H,4-7,12-13,19H2,1-3H3. The van der Waals surface area contributed by atoms with E-state index >= 15 is 0 Å². The van der Waals surface area contributed by atoms with Crippen molar-refractivity contribution in [2.45, 2.75) is 51.6 Å². The first-order chi connectivity index (χ1) is 10.1. The predicted octanol–water partition coefficient (Wildman–Crippen LogP) is 3.60. The minimum atomic E-state index is 0.0721. The Hall–Kier alpha value is -1.06. The van der Waals surface area contributed by atoms with Crippen LogP contribution in [0.4, 0.5) is 0 Å². The Morgan fingerprint density at radius 2 is 2.00 bits per heavy atom. The van der Waals surface area contributed by atoms with Gasteiger partial charge in [0.1, 0.15) is 5.75 Å². The minimum Gasteiger partial charge on any atom is -0.494 e. The van der Waals surface area contributed by atoms with E-state index < -0.39 is 0 Å². The molecule has 0 aliphatic heterocycles. The van der Waals surface area contributed by atoms with Gasteiger partial charge in [0.05, 0.1) is 6.61 Å². The van der Waals surface area contributed by atoms with Crippen LogP contribution < -0.4 is 10.5 Å². The third-order valence-corrected chi connectivity index (χ3v) is 4.64. The molecule has 1 saturated carbocycles. The van der Waals surface area contributed by atoms with Crippen molar-refractivity contribution in [1.29, 1.82) is 0 Å². The molecular formula is C18H30N2O. The molecule has 1 aromatic rings. The lowest BCUT2D eigenvalue weighted by Crippen LogP contribution is -2.39. The minimum absolute atomic E-state index is 0.0721. The molecule has 1 aliphatic carbocycles. The summed E-state index contributed by atoms with van der Waals surface area (Å²) in [5, 5.41) is 0. The van der Waals surface area contributed by atoms with Crippen LogP contribution in [0, 0.1) is 5.92 Å². The van der Waals surface area contributed by atoms with E-state index in [1.54, 1.807) is 0 Å². The molecule has 3 nitrogen and oxygen atoms in total. The molecule has 2 N–H and O–H groups in total. The molecule has 0 spiro atoms. The highest BCUT2D eigenvalue weighted by molar-refractivity contribution is 5.29. The Bertz CT molecular complexity index is 418. The van der Waals surface area contributed by atoms with Gasteiger partial charge in [-0.05, 0) is 50.4 Å². The van der Waals surface area contributed by atoms with Gasteiger partial charge in [0.2, 0.25) is 0 Å². The summed E-state index contributed by atoms with van der Waals surface area (Å²) in [6, 6.07) is 8.98. The summed E-state index contributed by atoms with van der Waals surface area (Å²) in [4.78, 5) is 2.46. The van der Waals surface area contributed by atoms with Crippen LogP contribution >= 0.6 is 0 Å². The van der Waals surface area contributed by atoms with Gasteiger partial charge in [-0.25, -0.2) is 0 Å². The van der Waals surface area contributed by atoms with Crippen molar-refractivity contribution in [3.05, 3.63) is 29.8 Å². The fourth-order valence-corrected chi connectivity index (χ4v) is 3.35. The van der Waals surface area contributed by atoms with E-state index in [-0.39, 0.29) is 6.04 Å². The maximum atomic E-state index is 6.38. The molecule has 1 aliphatic rings. The van der Waals surface area contributed by atoms with Crippen LogP contribution in [0.3, 0.4) is 0 Å². The second kappa shape index (κ2) is 7.81. The monoisotopic (exact) mass is 290 g/mol. The fourth-order valence-electron chi connectivity index (χ4n) is 3.35. The summed E-state index contributed by atoms with van der Waals surface area (Å²) in [7, 11) is 2.22. The molecule has 1 fully saturated rings. The number of rotatable bonds is 6. The van der Waals surface area contributed by atoms with Gasteiger partial charge in [0.15, 0.2) is 0 Å². The molecule has 0 radical (unpaired) electrons. The quantitative estimate of drug-likeness (QED) is 0.870.